The molecule has 2 rings (SSSR count). The predicted molar refractivity (Wildman–Crippen MR) is 102 cm³/mol. The van der Waals surface area contributed by atoms with E-state index in [1.54, 1.807) is 0 Å². The summed E-state index contributed by atoms with van der Waals surface area (Å²) in [4.78, 5) is 28.6. The Morgan fingerprint density at radius 1 is 1.19 bits per heavy atom. The van der Waals surface area contributed by atoms with Crippen LogP contribution in [0.15, 0.2) is 41.5 Å². The van der Waals surface area contributed by atoms with E-state index in [9.17, 15) is 9.59 Å². The number of carbonyl (C=O) groups is 1. The summed E-state index contributed by atoms with van der Waals surface area (Å²) in [6.45, 7) is 7.37. The molecule has 0 aliphatic rings. The highest BCUT2D eigenvalue weighted by Crippen LogP contribution is 2.19. The van der Waals surface area contributed by atoms with E-state index >= 15 is 0 Å². The van der Waals surface area contributed by atoms with Crippen LogP contribution in [0.4, 0.5) is 0 Å². The summed E-state index contributed by atoms with van der Waals surface area (Å²) in [7, 11) is 0. The van der Waals surface area contributed by atoms with Crippen molar-refractivity contribution in [2.75, 3.05) is 13.2 Å². The second-order valence-corrected chi connectivity index (χ2v) is 6.07. The molecule has 0 atom stereocenters. The Hall–Kier alpha value is -2.63. The largest absolute Gasteiger partial charge is 0.494 e. The van der Waals surface area contributed by atoms with Gasteiger partial charge in [0.2, 0.25) is 5.91 Å². The molecule has 0 fully saturated rings. The van der Waals surface area contributed by atoms with Gasteiger partial charge in [0.05, 0.1) is 18.6 Å². The van der Waals surface area contributed by atoms with Crippen molar-refractivity contribution in [3.8, 4) is 17.0 Å². The molecule has 0 unspecified atom stereocenters. The zero-order valence-electron chi connectivity index (χ0n) is 15.7. The van der Waals surface area contributed by atoms with Gasteiger partial charge in [-0.05, 0) is 44.0 Å². The Morgan fingerprint density at radius 3 is 2.46 bits per heavy atom. The second-order valence-electron chi connectivity index (χ2n) is 6.07. The van der Waals surface area contributed by atoms with Crippen molar-refractivity contribution in [3.05, 3.63) is 47.0 Å². The van der Waals surface area contributed by atoms with Crippen molar-refractivity contribution in [2.45, 2.75) is 40.2 Å². The third kappa shape index (κ3) is 5.18. The molecule has 0 radical (unpaired) electrons. The predicted octanol–water partition coefficient (Wildman–Crippen LogP) is 2.86. The van der Waals surface area contributed by atoms with E-state index in [0.717, 1.165) is 24.2 Å². The summed E-state index contributed by atoms with van der Waals surface area (Å²) in [6.07, 6.45) is 3.17. The van der Waals surface area contributed by atoms with Crippen LogP contribution >= 0.6 is 0 Å². The standard InChI is InChI=1S/C20H27N3O3/c1-4-15(5-2)20(25)21-11-12-23-14-22-18(13-19(23)24)16-7-9-17(10-8-16)26-6-3/h7-10,13-15H,4-6,11-12H2,1-3H3,(H,21,25). The Balaban J connectivity index is 1.98. The molecule has 6 heteroatoms. The zero-order chi connectivity index (χ0) is 18.9. The first-order valence-electron chi connectivity index (χ1n) is 9.16. The molecule has 0 aliphatic carbocycles. The molecule has 0 saturated heterocycles. The van der Waals surface area contributed by atoms with Crippen LogP contribution in [-0.4, -0.2) is 28.6 Å². The van der Waals surface area contributed by atoms with Crippen LogP contribution in [0.5, 0.6) is 5.75 Å². The number of rotatable bonds is 9. The van der Waals surface area contributed by atoms with Gasteiger partial charge in [0.25, 0.3) is 5.56 Å². The number of hydrogen-bond donors (Lipinski definition) is 1. The summed E-state index contributed by atoms with van der Waals surface area (Å²) in [5.41, 5.74) is 1.34. The molecular formula is C20H27N3O3. The molecule has 0 aliphatic heterocycles. The third-order valence-electron chi connectivity index (χ3n) is 4.35. The Labute approximate surface area is 154 Å². The molecule has 1 amide bonds. The Morgan fingerprint density at radius 2 is 1.88 bits per heavy atom. The summed E-state index contributed by atoms with van der Waals surface area (Å²) < 4.78 is 6.92. The topological polar surface area (TPSA) is 73.2 Å². The van der Waals surface area contributed by atoms with E-state index in [1.165, 1.54) is 17.0 Å². The molecule has 1 heterocycles. The second kappa shape index (κ2) is 9.75. The highest BCUT2D eigenvalue weighted by Gasteiger charge is 2.13. The lowest BCUT2D eigenvalue weighted by atomic mass is 10.0. The molecule has 0 spiro atoms. The van der Waals surface area contributed by atoms with Gasteiger partial charge in [-0.25, -0.2) is 4.98 Å². The summed E-state index contributed by atoms with van der Waals surface area (Å²) in [5.74, 6) is 0.867. The van der Waals surface area contributed by atoms with Crippen molar-refractivity contribution in [2.24, 2.45) is 5.92 Å². The van der Waals surface area contributed by atoms with E-state index in [0.29, 0.717) is 25.4 Å². The van der Waals surface area contributed by atoms with Crippen molar-refractivity contribution in [3.63, 3.8) is 0 Å². The van der Waals surface area contributed by atoms with Crippen LogP contribution in [0.2, 0.25) is 0 Å². The summed E-state index contributed by atoms with van der Waals surface area (Å²) in [5, 5.41) is 2.88. The van der Waals surface area contributed by atoms with Crippen LogP contribution in [0.3, 0.4) is 0 Å². The van der Waals surface area contributed by atoms with Gasteiger partial charge in [0, 0.05) is 30.6 Å². The molecule has 2 aromatic rings. The molecule has 26 heavy (non-hydrogen) atoms. The van der Waals surface area contributed by atoms with Crippen molar-refractivity contribution < 1.29 is 9.53 Å². The highest BCUT2D eigenvalue weighted by atomic mass is 16.5. The quantitative estimate of drug-likeness (QED) is 0.749. The molecule has 1 N–H and O–H groups in total. The lowest BCUT2D eigenvalue weighted by Gasteiger charge is -2.13. The maximum absolute atomic E-state index is 12.3. The minimum Gasteiger partial charge on any atom is -0.494 e. The van der Waals surface area contributed by atoms with E-state index < -0.39 is 0 Å². The van der Waals surface area contributed by atoms with Crippen molar-refractivity contribution >= 4 is 5.91 Å². The molecule has 1 aromatic carbocycles. The molecule has 0 bridgehead atoms. The van der Waals surface area contributed by atoms with Gasteiger partial charge in [-0.15, -0.1) is 0 Å². The van der Waals surface area contributed by atoms with Gasteiger partial charge in [0.15, 0.2) is 0 Å². The fraction of sp³-hybridized carbons (Fsp3) is 0.450. The Kier molecular flexibility index (Phi) is 7.38. The Bertz CT molecular complexity index is 765. The number of carbonyl (C=O) groups excluding carboxylic acids is 1. The lowest BCUT2D eigenvalue weighted by molar-refractivity contribution is -0.125. The normalized spacial score (nSPS) is 10.8. The van der Waals surface area contributed by atoms with Crippen LogP contribution < -0.4 is 15.6 Å². The monoisotopic (exact) mass is 357 g/mol. The minimum absolute atomic E-state index is 0.0342. The molecule has 6 nitrogen and oxygen atoms in total. The highest BCUT2D eigenvalue weighted by molar-refractivity contribution is 5.78. The van der Waals surface area contributed by atoms with Crippen molar-refractivity contribution in [1.82, 2.24) is 14.9 Å². The number of benzene rings is 1. The van der Waals surface area contributed by atoms with E-state index in [2.05, 4.69) is 10.3 Å². The smallest absolute Gasteiger partial charge is 0.253 e. The van der Waals surface area contributed by atoms with Gasteiger partial charge >= 0.3 is 0 Å². The lowest BCUT2D eigenvalue weighted by Crippen LogP contribution is -2.34. The van der Waals surface area contributed by atoms with Gasteiger partial charge in [-0.1, -0.05) is 13.8 Å². The van der Waals surface area contributed by atoms with Gasteiger partial charge in [-0.2, -0.15) is 0 Å². The number of nitrogens with one attached hydrogen (secondary N) is 1. The maximum atomic E-state index is 12.3. The van der Waals surface area contributed by atoms with Gasteiger partial charge < -0.3 is 10.1 Å². The molecule has 1 aromatic heterocycles. The first kappa shape index (κ1) is 19.7. The van der Waals surface area contributed by atoms with Crippen LogP contribution in [-0.2, 0) is 11.3 Å². The number of hydrogen-bond acceptors (Lipinski definition) is 4. The average Bonchev–Trinajstić information content (AvgIpc) is 2.65. The summed E-state index contributed by atoms with van der Waals surface area (Å²) in [6, 6.07) is 9.00. The number of ether oxygens (including phenoxy) is 1. The number of aromatic nitrogens is 2. The SMILES string of the molecule is CCOc1ccc(-c2cc(=O)n(CCNC(=O)C(CC)CC)cn2)cc1. The average molecular weight is 357 g/mol. The van der Waals surface area contributed by atoms with Crippen LogP contribution in [0.25, 0.3) is 11.3 Å². The number of nitrogens with zero attached hydrogens (tertiary/aromatic N) is 2. The fourth-order valence-electron chi connectivity index (χ4n) is 2.74. The van der Waals surface area contributed by atoms with Crippen molar-refractivity contribution in [1.29, 1.82) is 0 Å². The van der Waals surface area contributed by atoms with E-state index in [4.69, 9.17) is 4.74 Å². The zero-order valence-corrected chi connectivity index (χ0v) is 15.7. The first-order valence-corrected chi connectivity index (χ1v) is 9.16. The van der Waals surface area contributed by atoms with E-state index in [1.807, 2.05) is 45.0 Å². The maximum Gasteiger partial charge on any atom is 0.253 e. The third-order valence-corrected chi connectivity index (χ3v) is 4.35. The van der Waals surface area contributed by atoms with Crippen LogP contribution in [0, 0.1) is 5.92 Å². The molecule has 140 valence electrons. The summed E-state index contributed by atoms with van der Waals surface area (Å²) >= 11 is 0. The fourth-order valence-corrected chi connectivity index (χ4v) is 2.74. The van der Waals surface area contributed by atoms with E-state index in [-0.39, 0.29) is 17.4 Å². The van der Waals surface area contributed by atoms with Gasteiger partial charge in [-0.3, -0.25) is 14.2 Å². The van der Waals surface area contributed by atoms with Crippen LogP contribution in [0.1, 0.15) is 33.6 Å². The number of amides is 1. The first-order chi connectivity index (χ1) is 12.6. The molecule has 0 saturated carbocycles. The molecular weight excluding hydrogens is 330 g/mol. The van der Waals surface area contributed by atoms with Gasteiger partial charge in [0.1, 0.15) is 5.75 Å². The minimum atomic E-state index is -0.138.